The summed E-state index contributed by atoms with van der Waals surface area (Å²) in [7, 11) is 0. The van der Waals surface area contributed by atoms with Gasteiger partial charge in [-0.3, -0.25) is 0 Å². The maximum atomic E-state index is 13.4. The minimum atomic E-state index is -0.219. The van der Waals surface area contributed by atoms with Crippen molar-refractivity contribution in [1.82, 2.24) is 0 Å². The zero-order valence-corrected chi connectivity index (χ0v) is 16.2. The second-order valence-electron chi connectivity index (χ2n) is 6.29. The Balaban J connectivity index is 1.62. The standard InChI is InChI=1S/C22H19FO2S2/c23-18-6-2-16(3-7-18)22(26-14-1-15-27-22)17-4-10-20(11-5-17)25-21-12-8-19(24)9-13-21/h2-13,24H,1,14-15H2. The molecule has 0 aliphatic carbocycles. The van der Waals surface area contributed by atoms with E-state index in [4.69, 9.17) is 4.74 Å². The molecule has 1 fully saturated rings. The van der Waals surface area contributed by atoms with Gasteiger partial charge in [0.2, 0.25) is 0 Å². The van der Waals surface area contributed by atoms with Crippen molar-refractivity contribution in [2.75, 3.05) is 11.5 Å². The largest absolute Gasteiger partial charge is 0.508 e. The van der Waals surface area contributed by atoms with E-state index < -0.39 is 0 Å². The molecule has 0 atom stereocenters. The Morgan fingerprint density at radius 3 is 1.78 bits per heavy atom. The fourth-order valence-electron chi connectivity index (χ4n) is 3.09. The molecule has 0 unspecified atom stereocenters. The van der Waals surface area contributed by atoms with Crippen LogP contribution in [0.3, 0.4) is 0 Å². The highest BCUT2D eigenvalue weighted by Gasteiger charge is 2.37. The van der Waals surface area contributed by atoms with Crippen molar-refractivity contribution in [3.8, 4) is 17.2 Å². The summed E-state index contributed by atoms with van der Waals surface area (Å²) in [4.78, 5) is 0. The van der Waals surface area contributed by atoms with Gasteiger partial charge >= 0.3 is 0 Å². The van der Waals surface area contributed by atoms with Crippen molar-refractivity contribution in [2.45, 2.75) is 10.5 Å². The summed E-state index contributed by atoms with van der Waals surface area (Å²) in [5.41, 5.74) is 2.30. The molecule has 5 heteroatoms. The predicted molar refractivity (Wildman–Crippen MR) is 111 cm³/mol. The van der Waals surface area contributed by atoms with Gasteiger partial charge in [0.15, 0.2) is 0 Å². The number of benzene rings is 3. The first-order chi connectivity index (χ1) is 13.2. The smallest absolute Gasteiger partial charge is 0.127 e. The molecule has 4 rings (SSSR count). The van der Waals surface area contributed by atoms with Gasteiger partial charge in [-0.2, -0.15) is 0 Å². The fraction of sp³-hybridized carbons (Fsp3) is 0.182. The number of halogens is 1. The topological polar surface area (TPSA) is 29.5 Å². The minimum Gasteiger partial charge on any atom is -0.508 e. The zero-order chi connectivity index (χ0) is 18.7. The first-order valence-corrected chi connectivity index (χ1v) is 10.7. The first-order valence-electron chi connectivity index (χ1n) is 8.77. The summed E-state index contributed by atoms with van der Waals surface area (Å²) in [6, 6.07) is 21.6. The van der Waals surface area contributed by atoms with E-state index in [2.05, 4.69) is 12.1 Å². The van der Waals surface area contributed by atoms with Gasteiger partial charge in [-0.15, -0.1) is 23.5 Å². The molecule has 138 valence electrons. The van der Waals surface area contributed by atoms with E-state index in [9.17, 15) is 9.50 Å². The average molecular weight is 399 g/mol. The molecule has 1 N–H and O–H groups in total. The molecule has 0 bridgehead atoms. The van der Waals surface area contributed by atoms with E-state index in [1.54, 1.807) is 24.3 Å². The van der Waals surface area contributed by atoms with E-state index in [1.807, 2.05) is 47.8 Å². The second-order valence-corrected chi connectivity index (χ2v) is 9.17. The van der Waals surface area contributed by atoms with Crippen LogP contribution in [-0.4, -0.2) is 16.6 Å². The summed E-state index contributed by atoms with van der Waals surface area (Å²) < 4.78 is 19.1. The van der Waals surface area contributed by atoms with Crippen molar-refractivity contribution >= 4 is 23.5 Å². The third kappa shape index (κ3) is 3.94. The van der Waals surface area contributed by atoms with Gasteiger partial charge in [0, 0.05) is 0 Å². The van der Waals surface area contributed by atoms with Gasteiger partial charge in [-0.25, -0.2) is 4.39 Å². The summed E-state index contributed by atoms with van der Waals surface area (Å²) in [5.74, 6) is 3.58. The maximum Gasteiger partial charge on any atom is 0.127 e. The van der Waals surface area contributed by atoms with Crippen LogP contribution >= 0.6 is 23.5 Å². The van der Waals surface area contributed by atoms with Gasteiger partial charge in [0.05, 0.1) is 0 Å². The van der Waals surface area contributed by atoms with Crippen LogP contribution in [0.25, 0.3) is 0 Å². The highest BCUT2D eigenvalue weighted by molar-refractivity contribution is 8.18. The molecule has 1 heterocycles. The van der Waals surface area contributed by atoms with Crippen LogP contribution in [-0.2, 0) is 4.08 Å². The number of phenols is 1. The minimum absolute atomic E-state index is 0.211. The molecule has 1 aliphatic heterocycles. The number of thioether (sulfide) groups is 2. The van der Waals surface area contributed by atoms with Crippen LogP contribution in [0.5, 0.6) is 17.2 Å². The lowest BCUT2D eigenvalue weighted by molar-refractivity contribution is 0.464. The molecule has 1 aliphatic rings. The number of ether oxygens (including phenoxy) is 1. The normalized spacial score (nSPS) is 16.0. The van der Waals surface area contributed by atoms with E-state index in [0.717, 1.165) is 22.8 Å². The molecule has 3 aromatic carbocycles. The lowest BCUT2D eigenvalue weighted by Crippen LogP contribution is -2.24. The summed E-state index contributed by atoms with van der Waals surface area (Å²) >= 11 is 3.81. The molecule has 27 heavy (non-hydrogen) atoms. The highest BCUT2D eigenvalue weighted by atomic mass is 32.2. The average Bonchev–Trinajstić information content (AvgIpc) is 2.71. The summed E-state index contributed by atoms with van der Waals surface area (Å²) in [6.07, 6.45) is 1.18. The van der Waals surface area contributed by atoms with Gasteiger partial charge in [-0.05, 0) is 77.6 Å². The molecule has 0 amide bonds. The monoisotopic (exact) mass is 398 g/mol. The molecule has 0 radical (unpaired) electrons. The lowest BCUT2D eigenvalue weighted by atomic mass is 10.0. The van der Waals surface area contributed by atoms with Gasteiger partial charge in [0.25, 0.3) is 0 Å². The molecule has 2 nitrogen and oxygen atoms in total. The van der Waals surface area contributed by atoms with Crippen LogP contribution in [0, 0.1) is 5.82 Å². The highest BCUT2D eigenvalue weighted by Crippen LogP contribution is 2.54. The van der Waals surface area contributed by atoms with E-state index >= 15 is 0 Å². The Morgan fingerprint density at radius 1 is 0.741 bits per heavy atom. The van der Waals surface area contributed by atoms with Crippen LogP contribution in [0.4, 0.5) is 4.39 Å². The molecule has 0 spiro atoms. The molecule has 1 saturated heterocycles. The Bertz CT molecular complexity index is 887. The summed E-state index contributed by atoms with van der Waals surface area (Å²) in [6.45, 7) is 0. The molecular formula is C22H19FO2S2. The van der Waals surface area contributed by atoms with E-state index in [1.165, 1.54) is 24.1 Å². The second kappa shape index (κ2) is 7.87. The number of aromatic hydroxyl groups is 1. The fourth-order valence-corrected chi connectivity index (χ4v) is 6.47. The Hall–Kier alpha value is -2.11. The van der Waals surface area contributed by atoms with Gasteiger partial charge in [-0.1, -0.05) is 24.3 Å². The number of hydrogen-bond acceptors (Lipinski definition) is 4. The van der Waals surface area contributed by atoms with Crippen molar-refractivity contribution < 1.29 is 14.2 Å². The Morgan fingerprint density at radius 2 is 1.22 bits per heavy atom. The van der Waals surface area contributed by atoms with E-state index in [0.29, 0.717) is 5.75 Å². The third-order valence-corrected chi connectivity index (χ3v) is 7.88. The first kappa shape index (κ1) is 18.3. The molecule has 0 saturated carbocycles. The molecular weight excluding hydrogens is 379 g/mol. The Kier molecular flexibility index (Phi) is 5.32. The number of rotatable bonds is 4. The van der Waals surface area contributed by atoms with Crippen molar-refractivity contribution in [1.29, 1.82) is 0 Å². The predicted octanol–water partition coefficient (Wildman–Crippen LogP) is 6.39. The molecule has 0 aromatic heterocycles. The zero-order valence-electron chi connectivity index (χ0n) is 14.6. The quantitative estimate of drug-likeness (QED) is 0.551. The summed E-state index contributed by atoms with van der Waals surface area (Å²) in [5, 5.41) is 9.37. The van der Waals surface area contributed by atoms with Crippen molar-refractivity contribution in [3.63, 3.8) is 0 Å². The van der Waals surface area contributed by atoms with Gasteiger partial charge in [0.1, 0.15) is 27.1 Å². The van der Waals surface area contributed by atoms with Crippen molar-refractivity contribution in [2.24, 2.45) is 0 Å². The van der Waals surface area contributed by atoms with Crippen molar-refractivity contribution in [3.05, 3.63) is 89.7 Å². The van der Waals surface area contributed by atoms with E-state index in [-0.39, 0.29) is 15.6 Å². The van der Waals surface area contributed by atoms with Crippen LogP contribution in [0.1, 0.15) is 17.5 Å². The number of hydrogen-bond donors (Lipinski definition) is 1. The van der Waals surface area contributed by atoms with Crippen LogP contribution in [0.15, 0.2) is 72.8 Å². The number of phenolic OH excluding ortho intramolecular Hbond substituents is 1. The van der Waals surface area contributed by atoms with Crippen LogP contribution < -0.4 is 4.74 Å². The maximum absolute atomic E-state index is 13.4. The molecule has 3 aromatic rings. The van der Waals surface area contributed by atoms with Gasteiger partial charge < -0.3 is 9.84 Å². The Labute approximate surface area is 166 Å². The SMILES string of the molecule is Oc1ccc(Oc2ccc(C3(c4ccc(F)cc4)SCCCS3)cc2)cc1. The lowest BCUT2D eigenvalue weighted by Gasteiger charge is -2.37. The third-order valence-electron chi connectivity index (χ3n) is 4.43. The van der Waals surface area contributed by atoms with Crippen LogP contribution in [0.2, 0.25) is 0 Å².